The van der Waals surface area contributed by atoms with Gasteiger partial charge in [0.25, 0.3) is 10.0 Å². The zero-order valence-electron chi connectivity index (χ0n) is 13.6. The third kappa shape index (κ3) is 4.21. The van der Waals surface area contributed by atoms with Crippen LogP contribution < -0.4 is 19.0 Å². The molecular weight excluding hydrogens is 344 g/mol. The van der Waals surface area contributed by atoms with Gasteiger partial charge in [0, 0.05) is 0 Å². The van der Waals surface area contributed by atoms with E-state index in [1.807, 2.05) is 6.92 Å². The topological polar surface area (TPSA) is 86.2 Å². The highest BCUT2D eigenvalue weighted by Crippen LogP contribution is 2.30. The largest absolute Gasteiger partial charge is 0.494 e. The highest BCUT2D eigenvalue weighted by molar-refractivity contribution is 7.89. The molecule has 1 N–H and O–H groups in total. The Bertz CT molecular complexity index is 863. The van der Waals surface area contributed by atoms with Crippen LogP contribution in [0.2, 0.25) is 0 Å². The van der Waals surface area contributed by atoms with E-state index in [1.54, 1.807) is 30.3 Å². The predicted molar refractivity (Wildman–Crippen MR) is 93.0 cm³/mol. The predicted octanol–water partition coefficient (Wildman–Crippen LogP) is 2.17. The van der Waals surface area contributed by atoms with E-state index in [1.165, 1.54) is 18.3 Å². The Labute approximate surface area is 146 Å². The third-order valence-electron chi connectivity index (χ3n) is 3.40. The Kier molecular flexibility index (Phi) is 5.08. The molecule has 0 atom stereocenters. The van der Waals surface area contributed by atoms with Gasteiger partial charge in [0.05, 0.1) is 17.7 Å². The summed E-state index contributed by atoms with van der Waals surface area (Å²) < 4.78 is 40.6. The number of hydrogen-bond donors (Lipinski definition) is 1. The van der Waals surface area contributed by atoms with Gasteiger partial charge in [-0.15, -0.1) is 0 Å². The van der Waals surface area contributed by atoms with Gasteiger partial charge in [-0.2, -0.15) is 13.5 Å². The van der Waals surface area contributed by atoms with Gasteiger partial charge in [-0.1, -0.05) is 0 Å². The molecule has 1 aliphatic heterocycles. The molecule has 25 heavy (non-hydrogen) atoms. The molecule has 0 aliphatic carbocycles. The van der Waals surface area contributed by atoms with E-state index >= 15 is 0 Å². The molecule has 2 aromatic rings. The monoisotopic (exact) mass is 362 g/mol. The summed E-state index contributed by atoms with van der Waals surface area (Å²) in [6, 6.07) is 11.4. The number of benzene rings is 2. The molecule has 3 rings (SSSR count). The van der Waals surface area contributed by atoms with Crippen LogP contribution in [0.1, 0.15) is 12.5 Å². The van der Waals surface area contributed by atoms with Crippen molar-refractivity contribution in [2.45, 2.75) is 11.8 Å². The molecule has 0 saturated heterocycles. The maximum Gasteiger partial charge on any atom is 0.276 e. The molecule has 0 unspecified atom stereocenters. The zero-order chi connectivity index (χ0) is 17.7. The molecule has 0 radical (unpaired) electrons. The second kappa shape index (κ2) is 7.43. The molecule has 0 fully saturated rings. The van der Waals surface area contributed by atoms with Gasteiger partial charge in [0.2, 0.25) is 0 Å². The van der Waals surface area contributed by atoms with Crippen LogP contribution >= 0.6 is 0 Å². The zero-order valence-corrected chi connectivity index (χ0v) is 14.5. The van der Waals surface area contributed by atoms with E-state index in [0.29, 0.717) is 42.6 Å². The summed E-state index contributed by atoms with van der Waals surface area (Å²) in [6.07, 6.45) is 1.41. The number of nitrogens with one attached hydrogen (secondary N) is 1. The number of hydrazone groups is 1. The SMILES string of the molecule is CCOc1ccc(S(=O)(=O)NN=Cc2ccc3c(c2)OCCO3)cc1. The second-order valence-electron chi connectivity index (χ2n) is 5.16. The van der Waals surface area contributed by atoms with E-state index in [4.69, 9.17) is 14.2 Å². The molecule has 8 heteroatoms. The second-order valence-corrected chi connectivity index (χ2v) is 6.82. The number of sulfonamides is 1. The van der Waals surface area contributed by atoms with Crippen LogP contribution in [0.4, 0.5) is 0 Å². The molecule has 2 aromatic carbocycles. The van der Waals surface area contributed by atoms with Crippen LogP contribution in [0.3, 0.4) is 0 Å². The smallest absolute Gasteiger partial charge is 0.276 e. The maximum atomic E-state index is 12.2. The minimum atomic E-state index is -3.74. The van der Waals surface area contributed by atoms with Crippen molar-refractivity contribution in [2.24, 2.45) is 5.10 Å². The fourth-order valence-electron chi connectivity index (χ4n) is 2.24. The molecule has 132 valence electrons. The Morgan fingerprint density at radius 2 is 1.84 bits per heavy atom. The minimum Gasteiger partial charge on any atom is -0.494 e. The van der Waals surface area contributed by atoms with Crippen LogP contribution in [-0.2, 0) is 10.0 Å². The van der Waals surface area contributed by atoms with E-state index in [-0.39, 0.29) is 4.90 Å². The van der Waals surface area contributed by atoms with Gasteiger partial charge in [0.15, 0.2) is 11.5 Å². The molecule has 0 amide bonds. The van der Waals surface area contributed by atoms with Gasteiger partial charge in [0.1, 0.15) is 19.0 Å². The third-order valence-corrected chi connectivity index (χ3v) is 4.64. The lowest BCUT2D eigenvalue weighted by atomic mass is 10.2. The van der Waals surface area contributed by atoms with E-state index in [0.717, 1.165) is 0 Å². The summed E-state index contributed by atoms with van der Waals surface area (Å²) in [6.45, 7) is 3.38. The van der Waals surface area contributed by atoms with Crippen LogP contribution in [0.5, 0.6) is 17.2 Å². The molecule has 0 spiro atoms. The van der Waals surface area contributed by atoms with Crippen LogP contribution in [0, 0.1) is 0 Å². The highest BCUT2D eigenvalue weighted by Gasteiger charge is 2.13. The minimum absolute atomic E-state index is 0.107. The van der Waals surface area contributed by atoms with Crippen LogP contribution in [-0.4, -0.2) is 34.5 Å². The van der Waals surface area contributed by atoms with Crippen molar-refractivity contribution in [3.8, 4) is 17.2 Å². The summed E-state index contributed by atoms with van der Waals surface area (Å²) in [5, 5.41) is 3.81. The fraction of sp³-hybridized carbons (Fsp3) is 0.235. The summed E-state index contributed by atoms with van der Waals surface area (Å²) >= 11 is 0. The van der Waals surface area contributed by atoms with Gasteiger partial charge in [-0.25, -0.2) is 4.83 Å². The fourth-order valence-corrected chi connectivity index (χ4v) is 3.04. The first-order chi connectivity index (χ1) is 12.1. The average Bonchev–Trinajstić information content (AvgIpc) is 2.62. The number of nitrogens with zero attached hydrogens (tertiary/aromatic N) is 1. The number of fused-ring (bicyclic) bond motifs is 1. The van der Waals surface area contributed by atoms with E-state index in [2.05, 4.69) is 9.93 Å². The quantitative estimate of drug-likeness (QED) is 0.629. The van der Waals surface area contributed by atoms with E-state index in [9.17, 15) is 8.42 Å². The van der Waals surface area contributed by atoms with Crippen LogP contribution in [0.15, 0.2) is 52.5 Å². The average molecular weight is 362 g/mol. The lowest BCUT2D eigenvalue weighted by molar-refractivity contribution is 0.171. The van der Waals surface area contributed by atoms with Gasteiger partial charge in [-0.05, 0) is 55.0 Å². The van der Waals surface area contributed by atoms with Crippen molar-refractivity contribution < 1.29 is 22.6 Å². The highest BCUT2D eigenvalue weighted by atomic mass is 32.2. The van der Waals surface area contributed by atoms with Crippen molar-refractivity contribution in [3.05, 3.63) is 48.0 Å². The van der Waals surface area contributed by atoms with Gasteiger partial charge >= 0.3 is 0 Å². The molecule has 1 aliphatic rings. The Hall–Kier alpha value is -2.74. The molecule has 0 saturated carbocycles. The Balaban J connectivity index is 1.68. The first-order valence-electron chi connectivity index (χ1n) is 7.76. The lowest BCUT2D eigenvalue weighted by Gasteiger charge is -2.18. The van der Waals surface area contributed by atoms with Crippen molar-refractivity contribution in [1.82, 2.24) is 4.83 Å². The van der Waals surface area contributed by atoms with Crippen molar-refractivity contribution in [3.63, 3.8) is 0 Å². The first kappa shape index (κ1) is 17.1. The standard InChI is InChI=1S/C17H18N2O5S/c1-2-22-14-4-6-15(7-5-14)25(20,21)19-18-12-13-3-8-16-17(11-13)24-10-9-23-16/h3-8,11-12,19H,2,9-10H2,1H3. The summed E-state index contributed by atoms with van der Waals surface area (Å²) in [4.78, 5) is 2.29. The van der Waals surface area contributed by atoms with Crippen LogP contribution in [0.25, 0.3) is 0 Å². The normalized spacial score (nSPS) is 13.6. The van der Waals surface area contributed by atoms with Crippen molar-refractivity contribution in [1.29, 1.82) is 0 Å². The molecule has 1 heterocycles. The van der Waals surface area contributed by atoms with Gasteiger partial charge < -0.3 is 14.2 Å². The number of rotatable bonds is 6. The molecular formula is C17H18N2O5S. The first-order valence-corrected chi connectivity index (χ1v) is 9.24. The summed E-state index contributed by atoms with van der Waals surface area (Å²) in [5.74, 6) is 1.89. The van der Waals surface area contributed by atoms with Gasteiger partial charge in [-0.3, -0.25) is 0 Å². The lowest BCUT2D eigenvalue weighted by Crippen LogP contribution is -2.18. The maximum absolute atomic E-state index is 12.2. The molecule has 0 aromatic heterocycles. The van der Waals surface area contributed by atoms with Crippen molar-refractivity contribution >= 4 is 16.2 Å². The van der Waals surface area contributed by atoms with E-state index < -0.39 is 10.0 Å². The number of ether oxygens (including phenoxy) is 3. The molecule has 7 nitrogen and oxygen atoms in total. The summed E-state index contributed by atoms with van der Waals surface area (Å²) in [5.41, 5.74) is 0.693. The number of hydrogen-bond acceptors (Lipinski definition) is 6. The van der Waals surface area contributed by atoms with Crippen molar-refractivity contribution in [2.75, 3.05) is 19.8 Å². The Morgan fingerprint density at radius 1 is 1.12 bits per heavy atom. The molecule has 0 bridgehead atoms. The Morgan fingerprint density at radius 3 is 2.56 bits per heavy atom. The summed E-state index contributed by atoms with van der Waals surface area (Å²) in [7, 11) is -3.74.